The molecule has 1 saturated carbocycles. The van der Waals surface area contributed by atoms with Crippen molar-refractivity contribution < 1.29 is 9.59 Å². The van der Waals surface area contributed by atoms with E-state index in [1.807, 2.05) is 18.7 Å². The second-order valence-corrected chi connectivity index (χ2v) is 11.3. The Hall–Kier alpha value is -2.22. The Morgan fingerprint density at radius 1 is 1.21 bits per heavy atom. The summed E-state index contributed by atoms with van der Waals surface area (Å²) >= 11 is 1.70. The lowest BCUT2D eigenvalue weighted by molar-refractivity contribution is -0.158. The summed E-state index contributed by atoms with van der Waals surface area (Å²) in [6.45, 7) is 11.0. The van der Waals surface area contributed by atoms with Crippen LogP contribution >= 0.6 is 11.8 Å². The highest BCUT2D eigenvalue weighted by Gasteiger charge is 2.53. The largest absolute Gasteiger partial charge is 0.354 e. The minimum Gasteiger partial charge on any atom is -0.354 e. The molecule has 0 radical (unpaired) electrons. The van der Waals surface area contributed by atoms with Gasteiger partial charge in [0.25, 0.3) is 0 Å². The van der Waals surface area contributed by atoms with E-state index in [4.69, 9.17) is 0 Å². The van der Waals surface area contributed by atoms with Gasteiger partial charge in [-0.2, -0.15) is 5.10 Å². The van der Waals surface area contributed by atoms with Crippen molar-refractivity contribution in [2.45, 2.75) is 78.0 Å². The molecule has 180 valence electrons. The van der Waals surface area contributed by atoms with Crippen LogP contribution in [0.5, 0.6) is 0 Å². The predicted molar refractivity (Wildman–Crippen MR) is 133 cm³/mol. The molecule has 1 aromatic carbocycles. The summed E-state index contributed by atoms with van der Waals surface area (Å²) < 4.78 is 0. The molecular formula is C25H37N5O2S. The van der Waals surface area contributed by atoms with E-state index in [1.54, 1.807) is 11.8 Å². The Morgan fingerprint density at radius 2 is 1.94 bits per heavy atom. The summed E-state index contributed by atoms with van der Waals surface area (Å²) in [6.07, 6.45) is 1.92. The molecule has 2 fully saturated rings. The van der Waals surface area contributed by atoms with Gasteiger partial charge in [0, 0.05) is 30.3 Å². The van der Waals surface area contributed by atoms with E-state index >= 15 is 0 Å². The molecule has 33 heavy (non-hydrogen) atoms. The fourth-order valence-corrected chi connectivity index (χ4v) is 6.11. The molecule has 7 nitrogen and oxygen atoms in total. The minimum absolute atomic E-state index is 0.0122. The van der Waals surface area contributed by atoms with Crippen LogP contribution in [-0.4, -0.2) is 51.7 Å². The molecule has 4 atom stereocenters. The zero-order chi connectivity index (χ0) is 23.7. The number of hydrazone groups is 1. The number of fused-ring (bicyclic) bond motifs is 3. The number of amidine groups is 1. The molecule has 4 unspecified atom stereocenters. The van der Waals surface area contributed by atoms with Crippen LogP contribution in [0.15, 0.2) is 29.4 Å². The summed E-state index contributed by atoms with van der Waals surface area (Å²) in [5.74, 6) is 1.33. The number of thioether (sulfide) groups is 1. The van der Waals surface area contributed by atoms with Gasteiger partial charge in [0.1, 0.15) is 0 Å². The van der Waals surface area contributed by atoms with Crippen LogP contribution in [0.2, 0.25) is 0 Å². The van der Waals surface area contributed by atoms with Gasteiger partial charge in [0.2, 0.25) is 11.8 Å². The van der Waals surface area contributed by atoms with Crippen molar-refractivity contribution in [2.24, 2.45) is 22.9 Å². The summed E-state index contributed by atoms with van der Waals surface area (Å²) in [5, 5.41) is 8.67. The van der Waals surface area contributed by atoms with Crippen molar-refractivity contribution in [1.82, 2.24) is 20.5 Å². The van der Waals surface area contributed by atoms with Gasteiger partial charge in [-0.15, -0.1) is 0 Å². The summed E-state index contributed by atoms with van der Waals surface area (Å²) in [4.78, 5) is 30.6. The van der Waals surface area contributed by atoms with Gasteiger partial charge < -0.3 is 15.1 Å². The van der Waals surface area contributed by atoms with Crippen LogP contribution in [0, 0.1) is 24.7 Å². The highest BCUT2D eigenvalue weighted by atomic mass is 32.2. The minimum atomic E-state index is -0.270. The van der Waals surface area contributed by atoms with Crippen LogP contribution in [0.1, 0.15) is 58.1 Å². The van der Waals surface area contributed by atoms with Crippen LogP contribution < -0.4 is 10.7 Å². The van der Waals surface area contributed by atoms with E-state index in [0.717, 1.165) is 23.8 Å². The first-order valence-corrected chi connectivity index (χ1v) is 13.1. The zero-order valence-corrected chi connectivity index (χ0v) is 21.2. The monoisotopic (exact) mass is 471 g/mol. The third kappa shape index (κ3) is 5.15. The van der Waals surface area contributed by atoms with Crippen LogP contribution in [-0.2, 0) is 15.3 Å². The van der Waals surface area contributed by atoms with E-state index in [2.05, 4.69) is 65.8 Å². The Bertz CT molecular complexity index is 901. The topological polar surface area (TPSA) is 77.0 Å². The third-order valence-corrected chi connectivity index (χ3v) is 7.72. The lowest BCUT2D eigenvalue weighted by Crippen LogP contribution is -2.68. The highest BCUT2D eigenvalue weighted by Crippen LogP contribution is 2.41. The van der Waals surface area contributed by atoms with Crippen LogP contribution in [0.3, 0.4) is 0 Å². The molecule has 2 N–H and O–H groups in total. The number of aryl methyl sites for hydroxylation is 1. The van der Waals surface area contributed by atoms with Gasteiger partial charge >= 0.3 is 0 Å². The standard InChI is InChI=1S/C25H37N5O2S/c1-15(2)13-29-23(32)20-11-10-19(22(31)26-16(3)4)12-21(20)30-24(29)27-28-25(30)33-14-18-8-6-17(5)7-9-18/h6-9,15-16,19-21,24,27H,10-14H2,1-5H3,(H,26,31). The second-order valence-electron chi connectivity index (χ2n) is 10.3. The van der Waals surface area contributed by atoms with Crippen LogP contribution in [0.4, 0.5) is 0 Å². The molecule has 0 aromatic heterocycles. The highest BCUT2D eigenvalue weighted by molar-refractivity contribution is 8.13. The molecule has 3 aliphatic rings. The van der Waals surface area contributed by atoms with Crippen molar-refractivity contribution in [3.8, 4) is 0 Å². The Kier molecular flexibility index (Phi) is 7.22. The maximum Gasteiger partial charge on any atom is 0.230 e. The average Bonchev–Trinajstić information content (AvgIpc) is 3.19. The first kappa shape index (κ1) is 23.9. The number of carbonyl (C=O) groups is 2. The van der Waals surface area contributed by atoms with Crippen molar-refractivity contribution >= 4 is 28.7 Å². The predicted octanol–water partition coefficient (Wildman–Crippen LogP) is 3.50. The number of nitrogens with zero attached hydrogens (tertiary/aromatic N) is 3. The molecular weight excluding hydrogens is 434 g/mol. The van der Waals surface area contributed by atoms with E-state index in [9.17, 15) is 9.59 Å². The van der Waals surface area contributed by atoms with Gasteiger partial charge in [0.15, 0.2) is 11.5 Å². The number of benzene rings is 1. The number of amides is 2. The number of rotatable bonds is 6. The molecule has 1 aliphatic carbocycles. The molecule has 0 spiro atoms. The molecule has 8 heteroatoms. The second kappa shape index (κ2) is 9.95. The SMILES string of the molecule is Cc1ccc(CSC2=NNC3N(CC(C)C)C(=O)C4CCC(C(=O)NC(C)C)CC4N23)cc1. The van der Waals surface area contributed by atoms with Crippen molar-refractivity contribution in [3.05, 3.63) is 35.4 Å². The summed E-state index contributed by atoms with van der Waals surface area (Å²) in [7, 11) is 0. The summed E-state index contributed by atoms with van der Waals surface area (Å²) in [6, 6.07) is 8.68. The molecule has 4 rings (SSSR count). The molecule has 2 amide bonds. The molecule has 2 heterocycles. The van der Waals surface area contributed by atoms with E-state index in [0.29, 0.717) is 18.9 Å². The van der Waals surface area contributed by atoms with Gasteiger partial charge in [-0.3, -0.25) is 15.0 Å². The van der Waals surface area contributed by atoms with Gasteiger partial charge in [-0.05, 0) is 51.5 Å². The Labute approximate surface area is 201 Å². The summed E-state index contributed by atoms with van der Waals surface area (Å²) in [5.41, 5.74) is 5.74. The van der Waals surface area contributed by atoms with Crippen molar-refractivity contribution in [2.75, 3.05) is 6.54 Å². The normalized spacial score (nSPS) is 26.8. The quantitative estimate of drug-likeness (QED) is 0.664. The molecule has 1 saturated heterocycles. The number of nitrogens with one attached hydrogen (secondary N) is 2. The van der Waals surface area contributed by atoms with Gasteiger partial charge in [0.05, 0.1) is 5.92 Å². The van der Waals surface area contributed by atoms with E-state index < -0.39 is 0 Å². The average molecular weight is 472 g/mol. The fourth-order valence-electron chi connectivity index (χ4n) is 5.12. The van der Waals surface area contributed by atoms with E-state index in [-0.39, 0.29) is 42.0 Å². The fraction of sp³-hybridized carbons (Fsp3) is 0.640. The van der Waals surface area contributed by atoms with E-state index in [1.165, 1.54) is 11.1 Å². The molecule has 1 aromatic rings. The lowest BCUT2D eigenvalue weighted by atomic mass is 9.75. The van der Waals surface area contributed by atoms with Crippen molar-refractivity contribution in [1.29, 1.82) is 0 Å². The number of carbonyl (C=O) groups excluding carboxylic acids is 2. The van der Waals surface area contributed by atoms with Crippen LogP contribution in [0.25, 0.3) is 0 Å². The first-order chi connectivity index (χ1) is 15.7. The maximum absolute atomic E-state index is 13.5. The maximum atomic E-state index is 13.5. The number of hydrogen-bond donors (Lipinski definition) is 2. The molecule has 0 bridgehead atoms. The van der Waals surface area contributed by atoms with Gasteiger partial charge in [-0.25, -0.2) is 0 Å². The van der Waals surface area contributed by atoms with Gasteiger partial charge in [-0.1, -0.05) is 55.4 Å². The Balaban J connectivity index is 1.55. The smallest absolute Gasteiger partial charge is 0.230 e. The third-order valence-electron chi connectivity index (χ3n) is 6.68. The Morgan fingerprint density at radius 3 is 2.61 bits per heavy atom. The number of hydrogen-bond acceptors (Lipinski definition) is 6. The van der Waals surface area contributed by atoms with Crippen molar-refractivity contribution in [3.63, 3.8) is 0 Å². The first-order valence-electron chi connectivity index (χ1n) is 12.1. The zero-order valence-electron chi connectivity index (χ0n) is 20.4. The lowest BCUT2D eigenvalue weighted by Gasteiger charge is -2.51. The molecule has 2 aliphatic heterocycles.